The number of likely N-dealkylation sites (N-methyl/N-ethyl adjacent to an activating group) is 2. The van der Waals surface area contributed by atoms with Crippen LogP contribution in [0.2, 0.25) is 0 Å². The van der Waals surface area contributed by atoms with Crippen LogP contribution in [0.25, 0.3) is 0 Å². The van der Waals surface area contributed by atoms with E-state index in [0.29, 0.717) is 0 Å². The molecule has 0 radical (unpaired) electrons. The molecule has 0 aromatic rings. The molecule has 0 spiro atoms. The predicted octanol–water partition coefficient (Wildman–Crippen LogP) is -0.485. The minimum atomic E-state index is 0.938. The summed E-state index contributed by atoms with van der Waals surface area (Å²) in [6, 6.07) is 0. The number of aliphatic imine (C=N–C) groups is 1. The van der Waals surface area contributed by atoms with Crippen LogP contribution in [0.3, 0.4) is 0 Å². The van der Waals surface area contributed by atoms with Gasteiger partial charge < -0.3 is 20.0 Å². The fourth-order valence-corrected chi connectivity index (χ4v) is 2.37. The first-order chi connectivity index (χ1) is 8.25. The Labute approximate surface area is 104 Å². The molecule has 0 amide bonds. The molecule has 0 aliphatic carbocycles. The minimum absolute atomic E-state index is 0.938. The maximum atomic E-state index is 4.43. The van der Waals surface area contributed by atoms with Gasteiger partial charge in [-0.3, -0.25) is 4.99 Å². The fraction of sp³-hybridized carbons (Fsp3) is 0.917. The second-order valence-electron chi connectivity index (χ2n) is 5.05. The summed E-state index contributed by atoms with van der Waals surface area (Å²) >= 11 is 0. The van der Waals surface area contributed by atoms with Gasteiger partial charge in [-0.15, -0.1) is 0 Å². The van der Waals surface area contributed by atoms with Crippen molar-refractivity contribution in [1.82, 2.24) is 20.0 Å². The maximum Gasteiger partial charge on any atom is 0.193 e. The van der Waals surface area contributed by atoms with Gasteiger partial charge in [0.25, 0.3) is 0 Å². The third-order valence-electron chi connectivity index (χ3n) is 3.58. The highest BCUT2D eigenvalue weighted by Gasteiger charge is 2.13. The smallest absolute Gasteiger partial charge is 0.193 e. The van der Waals surface area contributed by atoms with Gasteiger partial charge in [-0.2, -0.15) is 0 Å². The number of nitrogens with one attached hydrogen (secondary N) is 1. The van der Waals surface area contributed by atoms with E-state index in [-0.39, 0.29) is 0 Å². The SMILES string of the molecule is CN1CCCN(CCNC2=NCCN2C)CC1. The van der Waals surface area contributed by atoms with Crippen LogP contribution in [0.15, 0.2) is 4.99 Å². The summed E-state index contributed by atoms with van der Waals surface area (Å²) < 4.78 is 0. The van der Waals surface area contributed by atoms with E-state index in [1.807, 2.05) is 0 Å². The molecule has 2 aliphatic rings. The van der Waals surface area contributed by atoms with Gasteiger partial charge in [-0.05, 0) is 26.6 Å². The molecule has 0 aromatic carbocycles. The molecular formula is C12H25N5. The summed E-state index contributed by atoms with van der Waals surface area (Å²) in [5, 5.41) is 3.43. The van der Waals surface area contributed by atoms with Gasteiger partial charge in [0.05, 0.1) is 6.54 Å². The zero-order chi connectivity index (χ0) is 12.1. The fourth-order valence-electron chi connectivity index (χ4n) is 2.37. The molecule has 5 nitrogen and oxygen atoms in total. The molecule has 0 unspecified atom stereocenters. The van der Waals surface area contributed by atoms with Crippen LogP contribution in [0.5, 0.6) is 0 Å². The van der Waals surface area contributed by atoms with Crippen LogP contribution < -0.4 is 5.32 Å². The number of hydrogen-bond acceptors (Lipinski definition) is 5. The summed E-state index contributed by atoms with van der Waals surface area (Å²) in [6.07, 6.45) is 1.29. The van der Waals surface area contributed by atoms with Gasteiger partial charge in [0.1, 0.15) is 0 Å². The second-order valence-corrected chi connectivity index (χ2v) is 5.05. The standard InChI is InChI=1S/C12H25N5/c1-15-6-3-7-17(11-10-15)9-5-14-12-13-4-8-16(12)2/h3-11H2,1-2H3,(H,13,14). The highest BCUT2D eigenvalue weighted by molar-refractivity contribution is 5.81. The summed E-state index contributed by atoms with van der Waals surface area (Å²) in [5.41, 5.74) is 0. The average molecular weight is 239 g/mol. The molecule has 1 N–H and O–H groups in total. The third-order valence-corrected chi connectivity index (χ3v) is 3.58. The summed E-state index contributed by atoms with van der Waals surface area (Å²) in [7, 11) is 4.31. The Morgan fingerprint density at radius 3 is 2.76 bits per heavy atom. The second kappa shape index (κ2) is 6.21. The van der Waals surface area contributed by atoms with Crippen LogP contribution in [0.1, 0.15) is 6.42 Å². The van der Waals surface area contributed by atoms with Gasteiger partial charge in [-0.25, -0.2) is 0 Å². The van der Waals surface area contributed by atoms with Crippen molar-refractivity contribution in [2.45, 2.75) is 6.42 Å². The number of guanidine groups is 1. The van der Waals surface area contributed by atoms with Gasteiger partial charge in [0.15, 0.2) is 5.96 Å². The summed E-state index contributed by atoms with van der Waals surface area (Å²) in [5.74, 6) is 1.07. The Kier molecular flexibility index (Phi) is 4.62. The van der Waals surface area contributed by atoms with E-state index >= 15 is 0 Å². The quantitative estimate of drug-likeness (QED) is 0.721. The van der Waals surface area contributed by atoms with Gasteiger partial charge >= 0.3 is 0 Å². The van der Waals surface area contributed by atoms with Crippen LogP contribution in [-0.2, 0) is 0 Å². The number of nitrogens with zero attached hydrogens (tertiary/aromatic N) is 4. The molecule has 0 bridgehead atoms. The van der Waals surface area contributed by atoms with E-state index in [2.05, 4.69) is 39.1 Å². The molecule has 17 heavy (non-hydrogen) atoms. The molecule has 5 heteroatoms. The zero-order valence-electron chi connectivity index (χ0n) is 11.2. The van der Waals surface area contributed by atoms with E-state index in [0.717, 1.165) is 32.1 Å². The first-order valence-electron chi connectivity index (χ1n) is 6.66. The van der Waals surface area contributed by atoms with Crippen LogP contribution in [0.4, 0.5) is 0 Å². The number of hydrogen-bond donors (Lipinski definition) is 1. The first-order valence-corrected chi connectivity index (χ1v) is 6.66. The molecule has 1 fully saturated rings. The van der Waals surface area contributed by atoms with Gasteiger partial charge in [0, 0.05) is 39.8 Å². The van der Waals surface area contributed by atoms with E-state index in [1.165, 1.54) is 32.6 Å². The molecular weight excluding hydrogens is 214 g/mol. The van der Waals surface area contributed by atoms with E-state index < -0.39 is 0 Å². The van der Waals surface area contributed by atoms with Crippen LogP contribution in [0, 0.1) is 0 Å². The largest absolute Gasteiger partial charge is 0.355 e. The van der Waals surface area contributed by atoms with Gasteiger partial charge in [-0.1, -0.05) is 0 Å². The summed E-state index contributed by atoms with van der Waals surface area (Å²) in [4.78, 5) is 11.6. The lowest BCUT2D eigenvalue weighted by Gasteiger charge is -2.21. The van der Waals surface area contributed by atoms with Gasteiger partial charge in [0.2, 0.25) is 0 Å². The lowest BCUT2D eigenvalue weighted by atomic mass is 10.4. The molecule has 0 atom stereocenters. The van der Waals surface area contributed by atoms with Crippen LogP contribution >= 0.6 is 0 Å². The normalized spacial score (nSPS) is 23.6. The summed E-state index contributed by atoms with van der Waals surface area (Å²) in [6.45, 7) is 8.98. The lowest BCUT2D eigenvalue weighted by molar-refractivity contribution is 0.279. The van der Waals surface area contributed by atoms with Crippen molar-refractivity contribution < 1.29 is 0 Å². The Balaban J connectivity index is 1.64. The molecule has 98 valence electrons. The molecule has 2 rings (SSSR count). The van der Waals surface area contributed by atoms with Crippen molar-refractivity contribution in [2.24, 2.45) is 4.99 Å². The Bertz CT molecular complexity index is 266. The predicted molar refractivity (Wildman–Crippen MR) is 71.5 cm³/mol. The Hall–Kier alpha value is -0.810. The molecule has 2 heterocycles. The van der Waals surface area contributed by atoms with E-state index in [1.54, 1.807) is 0 Å². The zero-order valence-corrected chi connectivity index (χ0v) is 11.2. The van der Waals surface area contributed by atoms with Crippen molar-refractivity contribution in [2.75, 3.05) is 66.5 Å². The molecule has 0 saturated carbocycles. The molecule has 1 saturated heterocycles. The Morgan fingerprint density at radius 2 is 2.00 bits per heavy atom. The van der Waals surface area contributed by atoms with Crippen molar-refractivity contribution in [3.05, 3.63) is 0 Å². The highest BCUT2D eigenvalue weighted by atomic mass is 15.3. The van der Waals surface area contributed by atoms with E-state index in [9.17, 15) is 0 Å². The van der Waals surface area contributed by atoms with Crippen molar-refractivity contribution >= 4 is 5.96 Å². The van der Waals surface area contributed by atoms with E-state index in [4.69, 9.17) is 0 Å². The third kappa shape index (κ3) is 3.85. The van der Waals surface area contributed by atoms with Crippen molar-refractivity contribution in [3.8, 4) is 0 Å². The maximum absolute atomic E-state index is 4.43. The Morgan fingerprint density at radius 1 is 1.12 bits per heavy atom. The lowest BCUT2D eigenvalue weighted by Crippen LogP contribution is -2.41. The topological polar surface area (TPSA) is 34.1 Å². The first kappa shape index (κ1) is 12.6. The van der Waals surface area contributed by atoms with Crippen molar-refractivity contribution in [1.29, 1.82) is 0 Å². The highest BCUT2D eigenvalue weighted by Crippen LogP contribution is 2.00. The molecule has 2 aliphatic heterocycles. The van der Waals surface area contributed by atoms with Crippen molar-refractivity contribution in [3.63, 3.8) is 0 Å². The average Bonchev–Trinajstić information content (AvgIpc) is 2.59. The monoisotopic (exact) mass is 239 g/mol. The van der Waals surface area contributed by atoms with Crippen LogP contribution in [-0.4, -0.2) is 87.1 Å². The number of rotatable bonds is 3. The minimum Gasteiger partial charge on any atom is -0.355 e. The molecule has 0 aromatic heterocycles.